The summed E-state index contributed by atoms with van der Waals surface area (Å²) in [5, 5.41) is 1.54. The molecule has 0 amide bonds. The molecule has 3 nitrogen and oxygen atoms in total. The Morgan fingerprint density at radius 3 is 2.39 bits per heavy atom. The lowest BCUT2D eigenvalue weighted by Gasteiger charge is -2.12. The first-order valence-corrected chi connectivity index (χ1v) is 9.48. The van der Waals surface area contributed by atoms with Crippen molar-refractivity contribution in [2.24, 2.45) is 0 Å². The monoisotopic (exact) mass is 410 g/mol. The fraction of sp³-hybridized carbons (Fsp3) is 0.0870. The molecule has 0 aliphatic carbocycles. The maximum absolute atomic E-state index is 13.2. The number of benzene rings is 3. The van der Waals surface area contributed by atoms with Crippen molar-refractivity contribution in [1.82, 2.24) is 0 Å². The lowest BCUT2D eigenvalue weighted by atomic mass is 10.1. The molecule has 0 saturated heterocycles. The van der Waals surface area contributed by atoms with Crippen LogP contribution in [0.2, 0.25) is 10.0 Å². The number of fused-ring (bicyclic) bond motifs is 1. The summed E-state index contributed by atoms with van der Waals surface area (Å²) < 4.78 is 12.0. The van der Waals surface area contributed by atoms with Gasteiger partial charge in [-0.05, 0) is 42.3 Å². The third kappa shape index (κ3) is 3.64. The summed E-state index contributed by atoms with van der Waals surface area (Å²) in [5.74, 6) is 0.558. The molecule has 1 heterocycles. The molecule has 0 fully saturated rings. The van der Waals surface area contributed by atoms with E-state index in [9.17, 15) is 4.79 Å². The van der Waals surface area contributed by atoms with Crippen LogP contribution in [-0.4, -0.2) is 0 Å². The van der Waals surface area contributed by atoms with Gasteiger partial charge in [0.1, 0.15) is 12.2 Å². The Kier molecular flexibility index (Phi) is 5.12. The van der Waals surface area contributed by atoms with Crippen LogP contribution >= 0.6 is 23.2 Å². The van der Waals surface area contributed by atoms with Crippen LogP contribution in [0.4, 0.5) is 0 Å². The van der Waals surface area contributed by atoms with E-state index in [2.05, 4.69) is 0 Å². The van der Waals surface area contributed by atoms with Gasteiger partial charge in [-0.1, -0.05) is 65.7 Å². The van der Waals surface area contributed by atoms with Gasteiger partial charge in [0.2, 0.25) is 11.2 Å². The molecule has 28 heavy (non-hydrogen) atoms. The number of rotatable bonds is 4. The van der Waals surface area contributed by atoms with Crippen LogP contribution in [-0.2, 0) is 6.61 Å². The molecule has 0 bridgehead atoms. The molecule has 4 rings (SSSR count). The zero-order chi connectivity index (χ0) is 19.7. The lowest BCUT2D eigenvalue weighted by Crippen LogP contribution is -2.10. The highest BCUT2D eigenvalue weighted by Crippen LogP contribution is 2.33. The predicted octanol–water partition coefficient (Wildman–Crippen LogP) is 6.65. The summed E-state index contributed by atoms with van der Waals surface area (Å²) in [6, 6.07) is 20.1. The molecule has 140 valence electrons. The fourth-order valence-electron chi connectivity index (χ4n) is 2.95. The highest BCUT2D eigenvalue weighted by atomic mass is 35.5. The van der Waals surface area contributed by atoms with Gasteiger partial charge in [0, 0.05) is 15.6 Å². The molecule has 0 spiro atoms. The van der Waals surface area contributed by atoms with Crippen LogP contribution in [0, 0.1) is 6.92 Å². The zero-order valence-electron chi connectivity index (χ0n) is 15.0. The molecule has 0 aliphatic heterocycles. The molecule has 0 saturated carbocycles. The Morgan fingerprint density at radius 2 is 1.68 bits per heavy atom. The van der Waals surface area contributed by atoms with Gasteiger partial charge in [-0.15, -0.1) is 0 Å². The van der Waals surface area contributed by atoms with Crippen LogP contribution < -0.4 is 10.2 Å². The Hall–Kier alpha value is -2.75. The molecular formula is C23H16Cl2O3. The number of hydrogen-bond donors (Lipinski definition) is 0. The second kappa shape index (κ2) is 7.70. The van der Waals surface area contributed by atoms with E-state index >= 15 is 0 Å². The van der Waals surface area contributed by atoms with E-state index in [-0.39, 0.29) is 17.8 Å². The van der Waals surface area contributed by atoms with Crippen LogP contribution in [0.25, 0.3) is 22.3 Å². The molecule has 1 aromatic heterocycles. The van der Waals surface area contributed by atoms with Gasteiger partial charge in [-0.2, -0.15) is 0 Å². The molecule has 4 aromatic rings. The largest absolute Gasteiger partial charge is 0.481 e. The average molecular weight is 411 g/mol. The van der Waals surface area contributed by atoms with E-state index in [4.69, 9.17) is 32.4 Å². The number of ether oxygens (including phenoxy) is 1. The van der Waals surface area contributed by atoms with E-state index in [1.807, 2.05) is 49.4 Å². The molecule has 0 N–H and O–H groups in total. The summed E-state index contributed by atoms with van der Waals surface area (Å²) >= 11 is 12.2. The fourth-order valence-corrected chi connectivity index (χ4v) is 3.24. The molecule has 0 radical (unpaired) electrons. The maximum Gasteiger partial charge on any atom is 0.235 e. The minimum atomic E-state index is -0.254. The second-order valence-electron chi connectivity index (χ2n) is 6.47. The first-order valence-electron chi connectivity index (χ1n) is 8.72. The van der Waals surface area contributed by atoms with Crippen LogP contribution in [0.15, 0.2) is 75.9 Å². The lowest BCUT2D eigenvalue weighted by molar-refractivity contribution is 0.298. The van der Waals surface area contributed by atoms with Crippen molar-refractivity contribution in [1.29, 1.82) is 0 Å². The Balaban J connectivity index is 1.86. The van der Waals surface area contributed by atoms with Crippen LogP contribution in [0.1, 0.15) is 11.1 Å². The Labute approximate surface area is 172 Å². The molecule has 0 aliphatic rings. The van der Waals surface area contributed by atoms with Gasteiger partial charge < -0.3 is 9.15 Å². The Morgan fingerprint density at radius 1 is 0.964 bits per heavy atom. The SMILES string of the molecule is Cc1cc2oc(-c3ccccc3)c(OCc3ccc(Cl)cc3)c(=O)c2cc1Cl. The van der Waals surface area contributed by atoms with E-state index in [0.29, 0.717) is 26.8 Å². The molecular weight excluding hydrogens is 395 g/mol. The van der Waals surface area contributed by atoms with E-state index in [1.165, 1.54) is 0 Å². The number of halogens is 2. The standard InChI is InChI=1S/C23H16Cl2O3/c1-14-11-20-18(12-19(14)25)21(26)23(22(28-20)16-5-3-2-4-6-16)27-13-15-7-9-17(24)10-8-15/h2-12H,13H2,1H3. The topological polar surface area (TPSA) is 39.4 Å². The zero-order valence-corrected chi connectivity index (χ0v) is 16.6. The quantitative estimate of drug-likeness (QED) is 0.377. The van der Waals surface area contributed by atoms with Crippen molar-refractivity contribution < 1.29 is 9.15 Å². The van der Waals surface area contributed by atoms with Gasteiger partial charge in [-0.3, -0.25) is 4.79 Å². The third-order valence-corrected chi connectivity index (χ3v) is 5.12. The summed E-state index contributed by atoms with van der Waals surface area (Å²) in [4.78, 5) is 13.2. The van der Waals surface area contributed by atoms with Gasteiger partial charge >= 0.3 is 0 Å². The molecule has 5 heteroatoms. The molecule has 0 unspecified atom stereocenters. The predicted molar refractivity (Wildman–Crippen MR) is 113 cm³/mol. The van der Waals surface area contributed by atoms with Crippen molar-refractivity contribution >= 4 is 34.2 Å². The van der Waals surface area contributed by atoms with E-state index in [0.717, 1.165) is 16.7 Å². The third-order valence-electron chi connectivity index (χ3n) is 4.46. The Bertz CT molecular complexity index is 1200. The van der Waals surface area contributed by atoms with Crippen molar-refractivity contribution in [2.75, 3.05) is 0 Å². The van der Waals surface area contributed by atoms with Crippen molar-refractivity contribution in [2.45, 2.75) is 13.5 Å². The van der Waals surface area contributed by atoms with Crippen molar-refractivity contribution in [3.63, 3.8) is 0 Å². The van der Waals surface area contributed by atoms with Crippen LogP contribution in [0.3, 0.4) is 0 Å². The number of aryl methyl sites for hydroxylation is 1. The number of hydrogen-bond acceptors (Lipinski definition) is 3. The minimum Gasteiger partial charge on any atom is -0.481 e. The summed E-state index contributed by atoms with van der Waals surface area (Å²) in [6.07, 6.45) is 0. The first kappa shape index (κ1) is 18.6. The highest BCUT2D eigenvalue weighted by Gasteiger charge is 2.18. The molecule has 0 atom stereocenters. The van der Waals surface area contributed by atoms with Gasteiger partial charge in [0.15, 0.2) is 5.76 Å². The maximum atomic E-state index is 13.2. The first-order chi connectivity index (χ1) is 13.5. The van der Waals surface area contributed by atoms with E-state index < -0.39 is 0 Å². The van der Waals surface area contributed by atoms with Gasteiger partial charge in [0.25, 0.3) is 0 Å². The minimum absolute atomic E-state index is 0.161. The summed E-state index contributed by atoms with van der Waals surface area (Å²) in [5.41, 5.74) is 2.72. The van der Waals surface area contributed by atoms with E-state index in [1.54, 1.807) is 24.3 Å². The summed E-state index contributed by atoms with van der Waals surface area (Å²) in [6.45, 7) is 2.09. The van der Waals surface area contributed by atoms with Crippen molar-refractivity contribution in [3.05, 3.63) is 98.1 Å². The van der Waals surface area contributed by atoms with Gasteiger partial charge in [-0.25, -0.2) is 0 Å². The summed E-state index contributed by atoms with van der Waals surface area (Å²) in [7, 11) is 0. The van der Waals surface area contributed by atoms with Crippen LogP contribution in [0.5, 0.6) is 5.75 Å². The normalized spacial score (nSPS) is 11.0. The highest BCUT2D eigenvalue weighted by molar-refractivity contribution is 6.32. The smallest absolute Gasteiger partial charge is 0.235 e. The van der Waals surface area contributed by atoms with Gasteiger partial charge in [0.05, 0.1) is 5.39 Å². The van der Waals surface area contributed by atoms with Crippen molar-refractivity contribution in [3.8, 4) is 17.1 Å². The molecule has 3 aromatic carbocycles. The second-order valence-corrected chi connectivity index (χ2v) is 7.31. The average Bonchev–Trinajstić information content (AvgIpc) is 2.71.